The lowest BCUT2D eigenvalue weighted by molar-refractivity contribution is -0.161. The second-order valence-corrected chi connectivity index (χ2v) is 11.3. The molecular formula is C33H64O5. The van der Waals surface area contributed by atoms with E-state index in [0.29, 0.717) is 12.8 Å². The van der Waals surface area contributed by atoms with Gasteiger partial charge in [-0.2, -0.15) is 0 Å². The molecule has 1 unspecified atom stereocenters. The summed E-state index contributed by atoms with van der Waals surface area (Å²) in [5, 5.41) is 9.47. The maximum atomic E-state index is 12.0. The van der Waals surface area contributed by atoms with Crippen molar-refractivity contribution in [1.29, 1.82) is 0 Å². The highest BCUT2D eigenvalue weighted by Crippen LogP contribution is 2.14. The molecule has 0 aliphatic carbocycles. The molecule has 0 radical (unpaired) electrons. The first-order valence-corrected chi connectivity index (χ1v) is 16.6. The topological polar surface area (TPSA) is 72.8 Å². The molecule has 0 amide bonds. The predicted molar refractivity (Wildman–Crippen MR) is 159 cm³/mol. The van der Waals surface area contributed by atoms with Crippen LogP contribution in [0.15, 0.2) is 0 Å². The van der Waals surface area contributed by atoms with Gasteiger partial charge in [0.05, 0.1) is 6.61 Å². The first-order valence-electron chi connectivity index (χ1n) is 16.6. The molecule has 226 valence electrons. The Morgan fingerprint density at radius 1 is 0.500 bits per heavy atom. The molecule has 0 aliphatic rings. The Labute approximate surface area is 236 Å². The lowest BCUT2D eigenvalue weighted by Crippen LogP contribution is -2.28. The summed E-state index contributed by atoms with van der Waals surface area (Å²) in [6.07, 6.45) is 30.1. The summed E-state index contributed by atoms with van der Waals surface area (Å²) in [4.78, 5) is 24.0. The van der Waals surface area contributed by atoms with Gasteiger partial charge in [-0.05, 0) is 12.8 Å². The van der Waals surface area contributed by atoms with Crippen LogP contribution in [0.4, 0.5) is 0 Å². The van der Waals surface area contributed by atoms with Crippen molar-refractivity contribution >= 4 is 11.9 Å². The third-order valence-corrected chi connectivity index (χ3v) is 7.40. The average molecular weight is 541 g/mol. The largest absolute Gasteiger partial charge is 0.462 e. The number of carbonyl (C=O) groups is 2. The molecule has 0 aromatic rings. The van der Waals surface area contributed by atoms with Crippen LogP contribution < -0.4 is 0 Å². The molecule has 0 rings (SSSR count). The van der Waals surface area contributed by atoms with Crippen LogP contribution in [0.25, 0.3) is 0 Å². The van der Waals surface area contributed by atoms with Gasteiger partial charge in [0, 0.05) is 12.8 Å². The molecule has 0 aromatic carbocycles. The normalized spacial score (nSPS) is 12.0. The van der Waals surface area contributed by atoms with Crippen LogP contribution in [0, 0.1) is 0 Å². The van der Waals surface area contributed by atoms with Crippen LogP contribution in [-0.4, -0.2) is 36.4 Å². The SMILES string of the molecule is CCCCCCCCCCCCCCCCCC(=O)OCC(CO)OC(=O)CCCCCCCCCCC. The molecule has 5 heteroatoms. The van der Waals surface area contributed by atoms with E-state index in [1.165, 1.54) is 122 Å². The molecule has 0 aliphatic heterocycles. The molecule has 0 spiro atoms. The van der Waals surface area contributed by atoms with Crippen molar-refractivity contribution in [3.63, 3.8) is 0 Å². The van der Waals surface area contributed by atoms with E-state index in [1.54, 1.807) is 0 Å². The average Bonchev–Trinajstić information content (AvgIpc) is 2.92. The van der Waals surface area contributed by atoms with E-state index in [2.05, 4.69) is 13.8 Å². The molecule has 0 heterocycles. The van der Waals surface area contributed by atoms with Gasteiger partial charge >= 0.3 is 11.9 Å². The van der Waals surface area contributed by atoms with Crippen molar-refractivity contribution in [2.24, 2.45) is 0 Å². The molecule has 1 N–H and O–H groups in total. The Morgan fingerprint density at radius 2 is 0.816 bits per heavy atom. The summed E-state index contributed by atoms with van der Waals surface area (Å²) in [5.41, 5.74) is 0. The standard InChI is InChI=1S/C33H64O5/c1-3-5-7-9-11-13-14-15-16-17-18-20-21-23-25-27-32(35)37-30-31(29-34)38-33(36)28-26-24-22-19-12-10-8-6-4-2/h31,34H,3-30H2,1-2H3. The monoisotopic (exact) mass is 540 g/mol. The summed E-state index contributed by atoms with van der Waals surface area (Å²) in [7, 11) is 0. The summed E-state index contributed by atoms with van der Waals surface area (Å²) in [5.74, 6) is -0.585. The molecule has 0 bridgehead atoms. The summed E-state index contributed by atoms with van der Waals surface area (Å²) in [6.45, 7) is 4.12. The fourth-order valence-electron chi connectivity index (χ4n) is 4.85. The van der Waals surface area contributed by atoms with Gasteiger partial charge in [0.1, 0.15) is 6.61 Å². The second kappa shape index (κ2) is 30.4. The van der Waals surface area contributed by atoms with E-state index in [-0.39, 0.29) is 25.2 Å². The molecule has 38 heavy (non-hydrogen) atoms. The maximum absolute atomic E-state index is 12.0. The van der Waals surface area contributed by atoms with Crippen LogP contribution in [0.1, 0.15) is 181 Å². The molecule has 1 atom stereocenters. The van der Waals surface area contributed by atoms with Gasteiger partial charge in [-0.1, -0.05) is 155 Å². The Bertz CT molecular complexity index is 508. The number of hydrogen-bond donors (Lipinski definition) is 1. The maximum Gasteiger partial charge on any atom is 0.306 e. The van der Waals surface area contributed by atoms with E-state index < -0.39 is 6.10 Å². The van der Waals surface area contributed by atoms with Gasteiger partial charge in [-0.25, -0.2) is 0 Å². The number of esters is 2. The number of unbranched alkanes of at least 4 members (excludes halogenated alkanes) is 22. The number of hydrogen-bond acceptors (Lipinski definition) is 5. The minimum absolute atomic E-state index is 0.0580. The van der Waals surface area contributed by atoms with Gasteiger partial charge in [-0.15, -0.1) is 0 Å². The first kappa shape index (κ1) is 36.9. The first-order chi connectivity index (χ1) is 18.6. The molecule has 0 saturated carbocycles. The van der Waals surface area contributed by atoms with E-state index in [4.69, 9.17) is 9.47 Å². The number of aliphatic hydroxyl groups is 1. The summed E-state index contributed by atoms with van der Waals surface area (Å²) < 4.78 is 10.5. The van der Waals surface area contributed by atoms with Crippen LogP contribution in [-0.2, 0) is 19.1 Å². The van der Waals surface area contributed by atoms with Crippen molar-refractivity contribution in [2.75, 3.05) is 13.2 Å². The van der Waals surface area contributed by atoms with Crippen molar-refractivity contribution in [2.45, 2.75) is 187 Å². The number of ether oxygens (including phenoxy) is 2. The van der Waals surface area contributed by atoms with E-state index >= 15 is 0 Å². The highest BCUT2D eigenvalue weighted by molar-refractivity contribution is 5.70. The highest BCUT2D eigenvalue weighted by Gasteiger charge is 2.16. The third kappa shape index (κ3) is 27.9. The van der Waals surface area contributed by atoms with Gasteiger partial charge in [0.2, 0.25) is 0 Å². The molecule has 0 saturated heterocycles. The van der Waals surface area contributed by atoms with Gasteiger partial charge < -0.3 is 14.6 Å². The Kier molecular flexibility index (Phi) is 29.6. The predicted octanol–water partition coefficient (Wildman–Crippen LogP) is 9.62. The van der Waals surface area contributed by atoms with Crippen LogP contribution in [0.5, 0.6) is 0 Å². The van der Waals surface area contributed by atoms with Crippen molar-refractivity contribution in [1.82, 2.24) is 0 Å². The number of aliphatic hydroxyl groups excluding tert-OH is 1. The Morgan fingerprint density at radius 3 is 1.16 bits per heavy atom. The Hall–Kier alpha value is -1.10. The van der Waals surface area contributed by atoms with Crippen LogP contribution >= 0.6 is 0 Å². The molecular weight excluding hydrogens is 476 g/mol. The minimum Gasteiger partial charge on any atom is -0.462 e. The fourth-order valence-corrected chi connectivity index (χ4v) is 4.85. The lowest BCUT2D eigenvalue weighted by atomic mass is 10.0. The number of rotatable bonds is 30. The van der Waals surface area contributed by atoms with Gasteiger partial charge in [-0.3, -0.25) is 9.59 Å². The zero-order chi connectivity index (χ0) is 27.9. The van der Waals surface area contributed by atoms with E-state index in [1.807, 2.05) is 0 Å². The molecule has 0 fully saturated rings. The van der Waals surface area contributed by atoms with Crippen molar-refractivity contribution in [3.05, 3.63) is 0 Å². The van der Waals surface area contributed by atoms with E-state index in [9.17, 15) is 14.7 Å². The van der Waals surface area contributed by atoms with Crippen LogP contribution in [0.2, 0.25) is 0 Å². The second-order valence-electron chi connectivity index (χ2n) is 11.3. The third-order valence-electron chi connectivity index (χ3n) is 7.40. The lowest BCUT2D eigenvalue weighted by Gasteiger charge is -2.15. The van der Waals surface area contributed by atoms with Crippen LogP contribution in [0.3, 0.4) is 0 Å². The van der Waals surface area contributed by atoms with Crippen molar-refractivity contribution < 1.29 is 24.2 Å². The number of carbonyl (C=O) groups excluding carboxylic acids is 2. The van der Waals surface area contributed by atoms with Gasteiger partial charge in [0.15, 0.2) is 6.10 Å². The molecule has 0 aromatic heterocycles. The van der Waals surface area contributed by atoms with Crippen molar-refractivity contribution in [3.8, 4) is 0 Å². The zero-order valence-corrected chi connectivity index (χ0v) is 25.5. The summed E-state index contributed by atoms with van der Waals surface area (Å²) >= 11 is 0. The zero-order valence-electron chi connectivity index (χ0n) is 25.5. The highest BCUT2D eigenvalue weighted by atomic mass is 16.6. The van der Waals surface area contributed by atoms with E-state index in [0.717, 1.165) is 32.1 Å². The molecule has 5 nitrogen and oxygen atoms in total. The quantitative estimate of drug-likeness (QED) is 0.0725. The van der Waals surface area contributed by atoms with Gasteiger partial charge in [0.25, 0.3) is 0 Å². The summed E-state index contributed by atoms with van der Waals surface area (Å²) in [6, 6.07) is 0. The minimum atomic E-state index is -0.758. The smallest absolute Gasteiger partial charge is 0.306 e. The fraction of sp³-hybridized carbons (Fsp3) is 0.939. The Balaban J connectivity index is 3.52.